The summed E-state index contributed by atoms with van der Waals surface area (Å²) in [6, 6.07) is 0.267. The average Bonchev–Trinajstić information content (AvgIpc) is 2.28. The smallest absolute Gasteiger partial charge is 0.322 e. The normalized spacial score (nSPS) is 10.3. The molecule has 0 saturated heterocycles. The summed E-state index contributed by atoms with van der Waals surface area (Å²) in [5.41, 5.74) is 0. The molecule has 0 unspecified atom stereocenters. The molecular weight excluding hydrogens is 240 g/mol. The number of unbranched alkanes of at least 4 members (excludes halogenated alkanes) is 3. The molecule has 5 nitrogen and oxygen atoms in total. The standard InChI is InChI=1S/C11H19ClN4O/c1-3-5-6-7-8-13-10-14-9(12)15-11(16-10)17-4-2/h3-8H2,1-2H3,(H,13,14,15,16). The van der Waals surface area contributed by atoms with E-state index >= 15 is 0 Å². The summed E-state index contributed by atoms with van der Waals surface area (Å²) >= 11 is 5.77. The Hall–Kier alpha value is -1.10. The van der Waals surface area contributed by atoms with E-state index in [0.29, 0.717) is 12.6 Å². The first-order chi connectivity index (χ1) is 8.26. The Kier molecular flexibility index (Phi) is 6.62. The molecule has 0 aliphatic carbocycles. The van der Waals surface area contributed by atoms with Gasteiger partial charge in [0, 0.05) is 6.54 Å². The number of halogens is 1. The molecule has 17 heavy (non-hydrogen) atoms. The van der Waals surface area contributed by atoms with E-state index in [0.717, 1.165) is 13.0 Å². The highest BCUT2D eigenvalue weighted by Crippen LogP contribution is 2.11. The minimum atomic E-state index is 0.152. The monoisotopic (exact) mass is 258 g/mol. The van der Waals surface area contributed by atoms with Gasteiger partial charge in [0.05, 0.1) is 6.61 Å². The maximum absolute atomic E-state index is 5.77. The summed E-state index contributed by atoms with van der Waals surface area (Å²) in [6.45, 7) is 5.41. The molecular formula is C11H19ClN4O. The molecule has 1 aromatic rings. The first-order valence-electron chi connectivity index (χ1n) is 6.04. The highest BCUT2D eigenvalue weighted by Gasteiger charge is 2.04. The number of nitrogens with one attached hydrogen (secondary N) is 1. The molecule has 0 saturated carbocycles. The van der Waals surface area contributed by atoms with Crippen LogP contribution in [-0.2, 0) is 0 Å². The molecule has 1 aromatic heterocycles. The third-order valence-electron chi connectivity index (χ3n) is 2.17. The van der Waals surface area contributed by atoms with Gasteiger partial charge in [0.2, 0.25) is 11.2 Å². The maximum Gasteiger partial charge on any atom is 0.322 e. The molecule has 0 spiro atoms. The lowest BCUT2D eigenvalue weighted by Gasteiger charge is -2.06. The van der Waals surface area contributed by atoms with Crippen molar-refractivity contribution in [3.8, 4) is 6.01 Å². The molecule has 96 valence electrons. The van der Waals surface area contributed by atoms with Crippen molar-refractivity contribution in [2.45, 2.75) is 39.5 Å². The van der Waals surface area contributed by atoms with Crippen LogP contribution in [0, 0.1) is 0 Å². The van der Waals surface area contributed by atoms with Crippen molar-refractivity contribution in [2.75, 3.05) is 18.5 Å². The van der Waals surface area contributed by atoms with Crippen LogP contribution in [0.15, 0.2) is 0 Å². The molecule has 1 rings (SSSR count). The van der Waals surface area contributed by atoms with E-state index in [4.69, 9.17) is 16.3 Å². The number of hydrogen-bond acceptors (Lipinski definition) is 5. The molecule has 6 heteroatoms. The van der Waals surface area contributed by atoms with Gasteiger partial charge in [-0.1, -0.05) is 26.2 Å². The summed E-state index contributed by atoms with van der Waals surface area (Å²) < 4.78 is 5.19. The van der Waals surface area contributed by atoms with Gasteiger partial charge >= 0.3 is 6.01 Å². The van der Waals surface area contributed by atoms with Crippen molar-refractivity contribution >= 4 is 17.5 Å². The van der Waals surface area contributed by atoms with Gasteiger partial charge in [-0.05, 0) is 24.9 Å². The van der Waals surface area contributed by atoms with Crippen LogP contribution in [0.3, 0.4) is 0 Å². The van der Waals surface area contributed by atoms with Crippen LogP contribution in [0.1, 0.15) is 39.5 Å². The second-order valence-electron chi connectivity index (χ2n) is 3.63. The zero-order chi connectivity index (χ0) is 12.5. The summed E-state index contributed by atoms with van der Waals surface area (Å²) in [4.78, 5) is 11.9. The largest absolute Gasteiger partial charge is 0.464 e. The molecule has 1 N–H and O–H groups in total. The van der Waals surface area contributed by atoms with Crippen molar-refractivity contribution in [2.24, 2.45) is 0 Å². The predicted molar refractivity (Wildman–Crippen MR) is 68.6 cm³/mol. The quantitative estimate of drug-likeness (QED) is 0.727. The summed E-state index contributed by atoms with van der Waals surface area (Å²) in [5.74, 6) is 0.477. The Morgan fingerprint density at radius 1 is 1.12 bits per heavy atom. The first-order valence-corrected chi connectivity index (χ1v) is 6.42. The molecule has 0 bridgehead atoms. The van der Waals surface area contributed by atoms with Gasteiger partial charge in [-0.3, -0.25) is 0 Å². The Balaban J connectivity index is 2.41. The van der Waals surface area contributed by atoms with Crippen LogP contribution < -0.4 is 10.1 Å². The average molecular weight is 259 g/mol. The molecule has 0 aromatic carbocycles. The SMILES string of the molecule is CCCCCCNc1nc(Cl)nc(OCC)n1. The lowest BCUT2D eigenvalue weighted by Crippen LogP contribution is -2.08. The van der Waals surface area contributed by atoms with Crippen LogP contribution in [0.25, 0.3) is 0 Å². The molecule has 0 aliphatic rings. The minimum absolute atomic E-state index is 0.152. The van der Waals surface area contributed by atoms with E-state index in [9.17, 15) is 0 Å². The summed E-state index contributed by atoms with van der Waals surface area (Å²) in [6.07, 6.45) is 4.79. The second-order valence-corrected chi connectivity index (χ2v) is 3.97. The fraction of sp³-hybridized carbons (Fsp3) is 0.727. The fourth-order valence-electron chi connectivity index (χ4n) is 1.36. The number of anilines is 1. The Morgan fingerprint density at radius 2 is 1.94 bits per heavy atom. The minimum Gasteiger partial charge on any atom is -0.464 e. The van der Waals surface area contributed by atoms with Crippen molar-refractivity contribution < 1.29 is 4.74 Å². The molecule has 0 aliphatic heterocycles. The first kappa shape index (κ1) is 14.0. The van der Waals surface area contributed by atoms with E-state index < -0.39 is 0 Å². The number of hydrogen-bond donors (Lipinski definition) is 1. The maximum atomic E-state index is 5.77. The van der Waals surface area contributed by atoms with Crippen molar-refractivity contribution in [3.63, 3.8) is 0 Å². The zero-order valence-corrected chi connectivity index (χ0v) is 11.1. The third-order valence-corrected chi connectivity index (χ3v) is 2.34. The highest BCUT2D eigenvalue weighted by molar-refractivity contribution is 6.28. The molecule has 0 atom stereocenters. The molecule has 0 amide bonds. The molecule has 1 heterocycles. The van der Waals surface area contributed by atoms with E-state index in [2.05, 4.69) is 27.2 Å². The van der Waals surface area contributed by atoms with Gasteiger partial charge in [0.15, 0.2) is 0 Å². The number of nitrogens with zero attached hydrogens (tertiary/aromatic N) is 3. The highest BCUT2D eigenvalue weighted by atomic mass is 35.5. The van der Waals surface area contributed by atoms with Crippen LogP contribution in [0.2, 0.25) is 5.28 Å². The zero-order valence-electron chi connectivity index (χ0n) is 10.4. The number of aromatic nitrogens is 3. The second kappa shape index (κ2) is 8.06. The van der Waals surface area contributed by atoms with E-state index in [1.54, 1.807) is 0 Å². The molecule has 0 fully saturated rings. The van der Waals surface area contributed by atoms with Crippen LogP contribution in [0.4, 0.5) is 5.95 Å². The third kappa shape index (κ3) is 5.68. The van der Waals surface area contributed by atoms with Crippen LogP contribution in [-0.4, -0.2) is 28.1 Å². The van der Waals surface area contributed by atoms with Gasteiger partial charge in [-0.2, -0.15) is 15.0 Å². The van der Waals surface area contributed by atoms with Gasteiger partial charge in [-0.25, -0.2) is 0 Å². The number of ether oxygens (including phenoxy) is 1. The Morgan fingerprint density at radius 3 is 2.65 bits per heavy atom. The fourth-order valence-corrected chi connectivity index (χ4v) is 1.51. The van der Waals surface area contributed by atoms with Gasteiger partial charge in [-0.15, -0.1) is 0 Å². The van der Waals surface area contributed by atoms with Crippen molar-refractivity contribution in [1.82, 2.24) is 15.0 Å². The summed E-state index contributed by atoms with van der Waals surface area (Å²) in [5, 5.41) is 3.27. The van der Waals surface area contributed by atoms with Crippen molar-refractivity contribution in [3.05, 3.63) is 5.28 Å². The van der Waals surface area contributed by atoms with E-state index in [1.165, 1.54) is 19.3 Å². The lowest BCUT2D eigenvalue weighted by molar-refractivity contribution is 0.312. The topological polar surface area (TPSA) is 59.9 Å². The van der Waals surface area contributed by atoms with Gasteiger partial charge in [0.25, 0.3) is 0 Å². The van der Waals surface area contributed by atoms with E-state index in [1.807, 2.05) is 6.92 Å². The number of rotatable bonds is 8. The van der Waals surface area contributed by atoms with Crippen LogP contribution >= 0.6 is 11.6 Å². The van der Waals surface area contributed by atoms with E-state index in [-0.39, 0.29) is 11.3 Å². The van der Waals surface area contributed by atoms with Gasteiger partial charge in [0.1, 0.15) is 0 Å². The Labute approximate surface area is 107 Å². The molecule has 0 radical (unpaired) electrons. The summed E-state index contributed by atoms with van der Waals surface area (Å²) in [7, 11) is 0. The van der Waals surface area contributed by atoms with Crippen molar-refractivity contribution in [1.29, 1.82) is 0 Å². The van der Waals surface area contributed by atoms with Gasteiger partial charge < -0.3 is 10.1 Å². The lowest BCUT2D eigenvalue weighted by atomic mass is 10.2. The Bertz CT molecular complexity index is 335. The predicted octanol–water partition coefficient (Wildman–Crippen LogP) is 2.92. The van der Waals surface area contributed by atoms with Crippen LogP contribution in [0.5, 0.6) is 6.01 Å².